The highest BCUT2D eigenvalue weighted by atomic mass is 15.1. The summed E-state index contributed by atoms with van der Waals surface area (Å²) in [4.78, 5) is 8.52. The van der Waals surface area contributed by atoms with Gasteiger partial charge in [0.2, 0.25) is 0 Å². The topological polar surface area (TPSA) is 125 Å². The molecule has 7 N–H and O–H groups in total. The van der Waals surface area contributed by atoms with Gasteiger partial charge < -0.3 is 27.5 Å². The summed E-state index contributed by atoms with van der Waals surface area (Å²) in [7, 11) is 1.71. The Morgan fingerprint density at radius 1 is 1.29 bits per heavy atom. The molecule has 0 radical (unpaired) electrons. The number of aliphatic imine (C=N–C) groups is 2. The Kier molecular flexibility index (Phi) is 7.14. The molecule has 2 aliphatic heterocycles. The van der Waals surface area contributed by atoms with Gasteiger partial charge in [0.05, 0.1) is 11.4 Å². The second-order valence-electron chi connectivity index (χ2n) is 6.68. The van der Waals surface area contributed by atoms with Crippen molar-refractivity contribution in [3.63, 3.8) is 0 Å². The summed E-state index contributed by atoms with van der Waals surface area (Å²) in [5, 5.41) is 14.1. The first-order valence-electron chi connectivity index (χ1n) is 9.22. The van der Waals surface area contributed by atoms with Gasteiger partial charge in [0, 0.05) is 42.5 Å². The lowest BCUT2D eigenvalue weighted by Crippen LogP contribution is -2.27. The van der Waals surface area contributed by atoms with E-state index in [4.69, 9.17) is 16.9 Å². The summed E-state index contributed by atoms with van der Waals surface area (Å²) in [5.41, 5.74) is 17.2. The molecule has 1 unspecified atom stereocenters. The highest BCUT2D eigenvalue weighted by Crippen LogP contribution is 2.23. The molecule has 7 heteroatoms. The predicted molar refractivity (Wildman–Crippen MR) is 118 cm³/mol. The molecule has 2 rings (SSSR count). The van der Waals surface area contributed by atoms with Crippen LogP contribution in [0.2, 0.25) is 0 Å². The molecule has 0 aromatic carbocycles. The maximum atomic E-state index is 7.57. The number of hydrogen-bond acceptors (Lipinski definition) is 6. The first kappa shape index (κ1) is 21.0. The van der Waals surface area contributed by atoms with E-state index in [1.807, 2.05) is 31.4 Å². The summed E-state index contributed by atoms with van der Waals surface area (Å²) in [6.45, 7) is 5.99. The van der Waals surface area contributed by atoms with Gasteiger partial charge in [-0.25, -0.2) is 4.99 Å². The van der Waals surface area contributed by atoms with E-state index in [0.29, 0.717) is 17.4 Å². The number of fused-ring (bicyclic) bond motifs is 1. The number of amidine groups is 1. The minimum absolute atomic E-state index is 0.258. The van der Waals surface area contributed by atoms with Gasteiger partial charge in [-0.3, -0.25) is 4.99 Å². The summed E-state index contributed by atoms with van der Waals surface area (Å²) in [6.07, 6.45) is 13.4. The van der Waals surface area contributed by atoms with Gasteiger partial charge in [-0.15, -0.1) is 0 Å². The molecular formula is C21H29N7. The molecule has 0 spiro atoms. The Labute approximate surface area is 166 Å². The van der Waals surface area contributed by atoms with E-state index in [-0.39, 0.29) is 5.92 Å². The van der Waals surface area contributed by atoms with E-state index in [0.717, 1.165) is 34.5 Å². The Bertz CT molecular complexity index is 872. The van der Waals surface area contributed by atoms with Crippen molar-refractivity contribution in [2.24, 2.45) is 27.4 Å². The van der Waals surface area contributed by atoms with Gasteiger partial charge >= 0.3 is 0 Å². The molecular weight excluding hydrogens is 350 g/mol. The first-order chi connectivity index (χ1) is 13.4. The number of hydrogen-bond donors (Lipinski definition) is 5. The molecule has 0 aromatic heterocycles. The highest BCUT2D eigenvalue weighted by molar-refractivity contribution is 5.97. The van der Waals surface area contributed by atoms with Crippen LogP contribution >= 0.6 is 0 Å². The fourth-order valence-corrected chi connectivity index (χ4v) is 2.75. The molecule has 7 nitrogen and oxygen atoms in total. The fourth-order valence-electron chi connectivity index (χ4n) is 2.75. The van der Waals surface area contributed by atoms with Crippen LogP contribution in [-0.4, -0.2) is 25.3 Å². The Hall–Kier alpha value is -3.35. The summed E-state index contributed by atoms with van der Waals surface area (Å²) in [5.74, 6) is 1.24. The van der Waals surface area contributed by atoms with Crippen molar-refractivity contribution in [1.29, 1.82) is 5.41 Å². The highest BCUT2D eigenvalue weighted by Gasteiger charge is 2.17. The Balaban J connectivity index is 2.26. The first-order valence-corrected chi connectivity index (χ1v) is 9.22. The number of nitrogens with two attached hydrogens (primary N) is 2. The van der Waals surface area contributed by atoms with E-state index in [1.165, 1.54) is 6.21 Å². The lowest BCUT2D eigenvalue weighted by Gasteiger charge is -2.23. The zero-order chi connectivity index (χ0) is 20.7. The number of rotatable bonds is 7. The predicted octanol–water partition coefficient (Wildman–Crippen LogP) is 2.60. The Morgan fingerprint density at radius 3 is 2.64 bits per heavy atom. The standard InChI is InChI=1S/C21H29N7/c1-5-13(2)15(10-22)9-20(24)28-21-7-6-18-19(27-21)8-16(11-26-18)17(12-25-4)14(3)23/h6-13,22,26-27H,5,23H2,1-4H3,(H2,24,28). The second-order valence-corrected chi connectivity index (χ2v) is 6.68. The number of dihydropyridines is 2. The van der Waals surface area contributed by atoms with Crippen molar-refractivity contribution in [3.8, 4) is 0 Å². The van der Waals surface area contributed by atoms with Crippen LogP contribution in [0.4, 0.5) is 0 Å². The summed E-state index contributed by atoms with van der Waals surface area (Å²) < 4.78 is 0. The molecule has 0 saturated carbocycles. The van der Waals surface area contributed by atoms with Gasteiger partial charge in [0.15, 0.2) is 0 Å². The fraction of sp³-hybridized carbons (Fsp3) is 0.286. The van der Waals surface area contributed by atoms with Crippen molar-refractivity contribution < 1.29 is 0 Å². The van der Waals surface area contributed by atoms with Crippen LogP contribution in [0, 0.1) is 11.3 Å². The van der Waals surface area contributed by atoms with E-state index in [9.17, 15) is 0 Å². The van der Waals surface area contributed by atoms with Crippen LogP contribution in [0.15, 0.2) is 80.1 Å². The zero-order valence-electron chi connectivity index (χ0n) is 16.9. The van der Waals surface area contributed by atoms with E-state index < -0.39 is 0 Å². The van der Waals surface area contributed by atoms with Crippen LogP contribution in [0.25, 0.3) is 0 Å². The van der Waals surface area contributed by atoms with Crippen molar-refractivity contribution in [2.45, 2.75) is 27.2 Å². The number of nitrogens with one attached hydrogen (secondary N) is 3. The van der Waals surface area contributed by atoms with Crippen LogP contribution in [0.1, 0.15) is 27.2 Å². The molecule has 2 aliphatic rings. The average Bonchev–Trinajstić information content (AvgIpc) is 2.68. The van der Waals surface area contributed by atoms with Crippen LogP contribution in [0.3, 0.4) is 0 Å². The zero-order valence-corrected chi connectivity index (χ0v) is 16.9. The summed E-state index contributed by atoms with van der Waals surface area (Å²) >= 11 is 0. The monoisotopic (exact) mass is 379 g/mol. The van der Waals surface area contributed by atoms with E-state index in [1.54, 1.807) is 19.3 Å². The number of nitrogens with zero attached hydrogens (tertiary/aromatic N) is 2. The molecule has 0 bridgehead atoms. The average molecular weight is 380 g/mol. The smallest absolute Gasteiger partial charge is 0.132 e. The molecule has 2 heterocycles. The van der Waals surface area contributed by atoms with Crippen molar-refractivity contribution in [1.82, 2.24) is 10.6 Å². The maximum Gasteiger partial charge on any atom is 0.132 e. The second kappa shape index (κ2) is 9.55. The van der Waals surface area contributed by atoms with Gasteiger partial charge in [-0.1, -0.05) is 13.8 Å². The molecule has 0 amide bonds. The van der Waals surface area contributed by atoms with Crippen molar-refractivity contribution in [2.75, 3.05) is 7.05 Å². The molecule has 0 aliphatic carbocycles. The number of allylic oxidation sites excluding steroid dienone is 7. The lowest BCUT2D eigenvalue weighted by atomic mass is 9.99. The Morgan fingerprint density at radius 2 is 2.04 bits per heavy atom. The minimum atomic E-state index is 0.258. The van der Waals surface area contributed by atoms with Crippen LogP contribution in [0.5, 0.6) is 0 Å². The third kappa shape index (κ3) is 5.09. The van der Waals surface area contributed by atoms with Crippen LogP contribution < -0.4 is 22.1 Å². The third-order valence-corrected chi connectivity index (χ3v) is 4.55. The van der Waals surface area contributed by atoms with Gasteiger partial charge in [-0.2, -0.15) is 0 Å². The van der Waals surface area contributed by atoms with Gasteiger partial charge in [0.25, 0.3) is 0 Å². The van der Waals surface area contributed by atoms with Gasteiger partial charge in [0.1, 0.15) is 11.7 Å². The maximum absolute atomic E-state index is 7.57. The van der Waals surface area contributed by atoms with Crippen molar-refractivity contribution >= 4 is 18.3 Å². The van der Waals surface area contributed by atoms with Crippen LogP contribution in [-0.2, 0) is 0 Å². The third-order valence-electron chi connectivity index (χ3n) is 4.55. The molecule has 1 atom stereocenters. The SMILES string of the molecule is CCC(C)C(C=N)=CC(N)=NC1=CC=C2NC=C(C(C=NC)=C(C)N)C=C2N1. The van der Waals surface area contributed by atoms with E-state index >= 15 is 0 Å². The largest absolute Gasteiger partial charge is 0.402 e. The lowest BCUT2D eigenvalue weighted by molar-refractivity contribution is 0.680. The van der Waals surface area contributed by atoms with E-state index in [2.05, 4.69) is 34.5 Å². The molecule has 0 aromatic rings. The van der Waals surface area contributed by atoms with Gasteiger partial charge in [-0.05, 0) is 49.1 Å². The quantitative estimate of drug-likeness (QED) is 0.344. The normalized spacial score (nSPS) is 19.3. The minimum Gasteiger partial charge on any atom is -0.402 e. The summed E-state index contributed by atoms with van der Waals surface area (Å²) in [6, 6.07) is 0. The molecule has 0 fully saturated rings. The van der Waals surface area contributed by atoms with Crippen molar-refractivity contribution in [3.05, 3.63) is 70.1 Å². The molecule has 28 heavy (non-hydrogen) atoms. The molecule has 148 valence electrons. The molecule has 0 saturated heterocycles.